The van der Waals surface area contributed by atoms with Gasteiger partial charge in [0.15, 0.2) is 0 Å². The molecule has 1 aromatic carbocycles. The zero-order valence-corrected chi connectivity index (χ0v) is 10.4. The maximum absolute atomic E-state index is 13.8. The summed E-state index contributed by atoms with van der Waals surface area (Å²) in [6, 6.07) is 5.27. The molecule has 0 atom stereocenters. The summed E-state index contributed by atoms with van der Waals surface area (Å²) in [6.07, 6.45) is 2.17. The van der Waals surface area contributed by atoms with Gasteiger partial charge in [0, 0.05) is 6.54 Å². The van der Waals surface area contributed by atoms with Crippen molar-refractivity contribution in [3.05, 3.63) is 29.6 Å². The van der Waals surface area contributed by atoms with Crippen molar-refractivity contribution in [1.82, 2.24) is 20.2 Å². The van der Waals surface area contributed by atoms with E-state index >= 15 is 0 Å². The van der Waals surface area contributed by atoms with Crippen LogP contribution in [0.25, 0.3) is 0 Å². The molecule has 7 heteroatoms. The van der Waals surface area contributed by atoms with E-state index in [4.69, 9.17) is 5.73 Å². The molecule has 3 rings (SSSR count). The van der Waals surface area contributed by atoms with E-state index < -0.39 is 0 Å². The minimum absolute atomic E-state index is 0.284. The number of hydrogen-bond donors (Lipinski definition) is 1. The van der Waals surface area contributed by atoms with Crippen molar-refractivity contribution in [2.24, 2.45) is 5.73 Å². The number of benzene rings is 1. The van der Waals surface area contributed by atoms with Crippen LogP contribution in [0.2, 0.25) is 0 Å². The maximum Gasteiger partial charge on any atom is 0.214 e. The average Bonchev–Trinajstić information content (AvgIpc) is 3.12. The summed E-state index contributed by atoms with van der Waals surface area (Å²) in [4.78, 5) is 0.511. The van der Waals surface area contributed by atoms with Crippen molar-refractivity contribution in [1.29, 1.82) is 0 Å². The van der Waals surface area contributed by atoms with Crippen molar-refractivity contribution < 1.29 is 4.39 Å². The summed E-state index contributed by atoms with van der Waals surface area (Å²) in [7, 11) is 0. The summed E-state index contributed by atoms with van der Waals surface area (Å²) in [6.45, 7) is 0.297. The van der Waals surface area contributed by atoms with Gasteiger partial charge in [0.1, 0.15) is 5.82 Å². The Hall–Kier alpha value is -1.47. The molecule has 94 valence electrons. The van der Waals surface area contributed by atoms with Gasteiger partial charge in [0.2, 0.25) is 5.16 Å². The van der Waals surface area contributed by atoms with Crippen molar-refractivity contribution in [2.45, 2.75) is 35.5 Å². The van der Waals surface area contributed by atoms with Crippen LogP contribution in [0.4, 0.5) is 4.39 Å². The van der Waals surface area contributed by atoms with Gasteiger partial charge < -0.3 is 5.73 Å². The van der Waals surface area contributed by atoms with Gasteiger partial charge in [0.25, 0.3) is 0 Å². The first kappa shape index (κ1) is 11.6. The highest BCUT2D eigenvalue weighted by molar-refractivity contribution is 7.99. The highest BCUT2D eigenvalue weighted by Crippen LogP contribution is 2.39. The van der Waals surface area contributed by atoms with Crippen LogP contribution in [0, 0.1) is 5.82 Å². The van der Waals surface area contributed by atoms with Gasteiger partial charge >= 0.3 is 0 Å². The van der Waals surface area contributed by atoms with E-state index in [1.807, 2.05) is 6.07 Å². The van der Waals surface area contributed by atoms with Crippen molar-refractivity contribution in [3.63, 3.8) is 0 Å². The van der Waals surface area contributed by atoms with E-state index in [9.17, 15) is 4.39 Å². The molecular weight excluding hydrogens is 253 g/mol. The van der Waals surface area contributed by atoms with Gasteiger partial charge in [-0.15, -0.1) is 5.10 Å². The molecule has 18 heavy (non-hydrogen) atoms. The lowest BCUT2D eigenvalue weighted by molar-refractivity contribution is 0.563. The molecule has 1 aromatic heterocycles. The molecule has 0 bridgehead atoms. The van der Waals surface area contributed by atoms with Crippen LogP contribution in [0.5, 0.6) is 0 Å². The van der Waals surface area contributed by atoms with E-state index in [0.29, 0.717) is 22.6 Å². The summed E-state index contributed by atoms with van der Waals surface area (Å²) in [5.74, 6) is -0.284. The number of hydrogen-bond acceptors (Lipinski definition) is 5. The lowest BCUT2D eigenvalue weighted by Crippen LogP contribution is -2.02. The monoisotopic (exact) mass is 265 g/mol. The first-order chi connectivity index (χ1) is 8.79. The van der Waals surface area contributed by atoms with Crippen molar-refractivity contribution in [2.75, 3.05) is 0 Å². The predicted molar refractivity (Wildman–Crippen MR) is 64.5 cm³/mol. The van der Waals surface area contributed by atoms with Gasteiger partial charge in [-0.05, 0) is 46.7 Å². The molecule has 1 heterocycles. The first-order valence-electron chi connectivity index (χ1n) is 5.72. The highest BCUT2D eigenvalue weighted by atomic mass is 32.2. The fourth-order valence-electron chi connectivity index (χ4n) is 1.72. The Labute approximate surface area is 108 Å². The second-order valence-corrected chi connectivity index (χ2v) is 5.15. The topological polar surface area (TPSA) is 69.6 Å². The molecule has 1 fully saturated rings. The van der Waals surface area contributed by atoms with Crippen LogP contribution in [-0.4, -0.2) is 20.2 Å². The van der Waals surface area contributed by atoms with E-state index in [0.717, 1.165) is 18.4 Å². The van der Waals surface area contributed by atoms with E-state index in [2.05, 4.69) is 15.5 Å². The molecule has 1 aliphatic carbocycles. The molecule has 5 nitrogen and oxygen atoms in total. The fourth-order valence-corrected chi connectivity index (χ4v) is 2.71. The summed E-state index contributed by atoms with van der Waals surface area (Å²) in [5, 5.41) is 12.2. The Morgan fingerprint density at radius 1 is 1.44 bits per heavy atom. The van der Waals surface area contributed by atoms with E-state index in [1.165, 1.54) is 17.8 Å². The average molecular weight is 265 g/mol. The van der Waals surface area contributed by atoms with Gasteiger partial charge in [-0.2, -0.15) is 0 Å². The Morgan fingerprint density at radius 3 is 3.00 bits per heavy atom. The molecule has 0 unspecified atom stereocenters. The largest absolute Gasteiger partial charge is 0.326 e. The van der Waals surface area contributed by atoms with Gasteiger partial charge in [0.05, 0.1) is 10.9 Å². The molecule has 2 N–H and O–H groups in total. The number of nitrogens with two attached hydrogens (primary N) is 1. The van der Waals surface area contributed by atoms with Crippen LogP contribution < -0.4 is 5.73 Å². The van der Waals surface area contributed by atoms with Gasteiger partial charge in [-0.3, -0.25) is 0 Å². The van der Waals surface area contributed by atoms with Crippen LogP contribution in [0.3, 0.4) is 0 Å². The predicted octanol–water partition coefficient (Wildman–Crippen LogP) is 1.76. The number of halogens is 1. The molecule has 0 amide bonds. The normalized spacial score (nSPS) is 15.0. The second kappa shape index (κ2) is 4.66. The molecule has 0 saturated heterocycles. The zero-order valence-electron chi connectivity index (χ0n) is 9.58. The molecule has 1 saturated carbocycles. The molecule has 1 aliphatic rings. The third kappa shape index (κ3) is 2.11. The summed E-state index contributed by atoms with van der Waals surface area (Å²) in [5.41, 5.74) is 6.39. The first-order valence-corrected chi connectivity index (χ1v) is 6.54. The lowest BCUT2D eigenvalue weighted by atomic mass is 10.2. The molecule has 2 aromatic rings. The van der Waals surface area contributed by atoms with Crippen LogP contribution in [-0.2, 0) is 6.54 Å². The smallest absolute Gasteiger partial charge is 0.214 e. The quantitative estimate of drug-likeness (QED) is 0.912. The van der Waals surface area contributed by atoms with Gasteiger partial charge in [-0.25, -0.2) is 9.07 Å². The molecule has 0 radical (unpaired) electrons. The minimum atomic E-state index is -0.284. The van der Waals surface area contributed by atoms with Crippen LogP contribution in [0.1, 0.15) is 24.4 Å². The third-order valence-corrected chi connectivity index (χ3v) is 3.93. The molecule has 0 spiro atoms. The van der Waals surface area contributed by atoms with Crippen molar-refractivity contribution in [3.8, 4) is 0 Å². The Morgan fingerprint density at radius 2 is 2.28 bits per heavy atom. The number of nitrogens with zero attached hydrogens (tertiary/aromatic N) is 4. The SMILES string of the molecule is NCc1cccc(F)c1Sc1nnnn1C1CC1. The third-order valence-electron chi connectivity index (χ3n) is 2.82. The Balaban J connectivity index is 1.94. The Kier molecular flexibility index (Phi) is 3.00. The number of rotatable bonds is 4. The fraction of sp³-hybridized carbons (Fsp3) is 0.364. The molecule has 0 aliphatic heterocycles. The Bertz CT molecular complexity index is 566. The summed E-state index contributed by atoms with van der Waals surface area (Å²) >= 11 is 1.24. The highest BCUT2D eigenvalue weighted by Gasteiger charge is 2.28. The molecular formula is C11H12FN5S. The minimum Gasteiger partial charge on any atom is -0.326 e. The number of aromatic nitrogens is 4. The van der Waals surface area contributed by atoms with Gasteiger partial charge in [-0.1, -0.05) is 12.1 Å². The van der Waals surface area contributed by atoms with Crippen molar-refractivity contribution >= 4 is 11.8 Å². The van der Waals surface area contributed by atoms with E-state index in [1.54, 1.807) is 10.7 Å². The lowest BCUT2D eigenvalue weighted by Gasteiger charge is -2.08. The standard InChI is InChI=1S/C11H12FN5S/c12-9-3-1-2-7(6-13)10(9)18-11-14-15-16-17(11)8-4-5-8/h1-3,8H,4-6,13H2. The van der Waals surface area contributed by atoms with Crippen LogP contribution >= 0.6 is 11.8 Å². The maximum atomic E-state index is 13.8. The van der Waals surface area contributed by atoms with E-state index in [-0.39, 0.29) is 5.82 Å². The zero-order chi connectivity index (χ0) is 12.5. The van der Waals surface area contributed by atoms with Crippen LogP contribution in [0.15, 0.2) is 28.3 Å². The number of tetrazole rings is 1. The summed E-state index contributed by atoms with van der Waals surface area (Å²) < 4.78 is 15.6. The second-order valence-electron chi connectivity index (χ2n) is 4.17.